The second kappa shape index (κ2) is 7.53. The smallest absolute Gasteiger partial charge is 0.323 e. The topological polar surface area (TPSA) is 88.0 Å². The van der Waals surface area contributed by atoms with Gasteiger partial charge < -0.3 is 15.2 Å². The highest BCUT2D eigenvalue weighted by atomic mass is 35.5. The number of benzene rings is 1. The molecule has 1 aromatic carbocycles. The molecule has 0 spiro atoms. The Labute approximate surface area is 185 Å². The molecule has 1 aliphatic heterocycles. The molecule has 1 atom stereocenters. The maximum Gasteiger partial charge on any atom is 0.323 e. The first-order valence-electron chi connectivity index (χ1n) is 10.4. The first kappa shape index (κ1) is 19.8. The van der Waals surface area contributed by atoms with Gasteiger partial charge in [0.1, 0.15) is 5.82 Å². The van der Waals surface area contributed by atoms with Gasteiger partial charge in [-0.05, 0) is 49.1 Å². The molecule has 2 N–H and O–H groups in total. The molecule has 2 aromatic heterocycles. The van der Waals surface area contributed by atoms with Crippen LogP contribution in [0.4, 0.5) is 16.6 Å². The Bertz CT molecular complexity index is 1110. The van der Waals surface area contributed by atoms with Crippen LogP contribution < -0.4 is 15.5 Å². The van der Waals surface area contributed by atoms with E-state index >= 15 is 0 Å². The fourth-order valence-electron chi connectivity index (χ4n) is 3.98. The molecule has 2 amide bonds. The molecule has 0 bridgehead atoms. The van der Waals surface area contributed by atoms with E-state index in [9.17, 15) is 4.79 Å². The minimum Gasteiger partial charge on any atom is -0.343 e. The van der Waals surface area contributed by atoms with Crippen LogP contribution in [-0.4, -0.2) is 38.1 Å². The van der Waals surface area contributed by atoms with E-state index in [1.54, 1.807) is 23.5 Å². The van der Waals surface area contributed by atoms with E-state index < -0.39 is 0 Å². The summed E-state index contributed by atoms with van der Waals surface area (Å²) in [4.78, 5) is 27.8. The van der Waals surface area contributed by atoms with Crippen LogP contribution >= 0.6 is 11.6 Å². The van der Waals surface area contributed by atoms with E-state index in [1.165, 1.54) is 0 Å². The molecule has 1 saturated carbocycles. The predicted molar refractivity (Wildman–Crippen MR) is 120 cm³/mol. The van der Waals surface area contributed by atoms with Gasteiger partial charge in [0, 0.05) is 29.6 Å². The van der Waals surface area contributed by atoms with Crippen LogP contribution in [-0.2, 0) is 5.54 Å². The van der Waals surface area contributed by atoms with Gasteiger partial charge in [0.05, 0.1) is 23.6 Å². The van der Waals surface area contributed by atoms with Crippen molar-refractivity contribution in [1.82, 2.24) is 24.8 Å². The van der Waals surface area contributed by atoms with Gasteiger partial charge in [0.15, 0.2) is 0 Å². The number of rotatable bonds is 6. The lowest BCUT2D eigenvalue weighted by molar-refractivity contribution is 0.251. The predicted octanol–water partition coefficient (Wildman–Crippen LogP) is 3.97. The lowest BCUT2D eigenvalue weighted by atomic mass is 10.0. The Balaban J connectivity index is 1.38. The molecule has 8 nitrogen and oxygen atoms in total. The quantitative estimate of drug-likeness (QED) is 0.609. The lowest BCUT2D eigenvalue weighted by Gasteiger charge is -2.25. The van der Waals surface area contributed by atoms with E-state index in [0.717, 1.165) is 24.2 Å². The van der Waals surface area contributed by atoms with Gasteiger partial charge >= 0.3 is 6.03 Å². The third-order valence-electron chi connectivity index (χ3n) is 5.97. The van der Waals surface area contributed by atoms with Crippen LogP contribution in [0.2, 0.25) is 5.02 Å². The van der Waals surface area contributed by atoms with E-state index in [0.29, 0.717) is 29.3 Å². The monoisotopic (exact) mass is 437 g/mol. The number of halogens is 1. The summed E-state index contributed by atoms with van der Waals surface area (Å²) < 4.78 is 1.98. The number of carbonyl (C=O) groups is 1. The lowest BCUT2D eigenvalue weighted by Crippen LogP contribution is -2.38. The van der Waals surface area contributed by atoms with Gasteiger partial charge in [0.2, 0.25) is 5.95 Å². The van der Waals surface area contributed by atoms with Crippen LogP contribution in [0.1, 0.15) is 32.4 Å². The van der Waals surface area contributed by atoms with Gasteiger partial charge in [-0.2, -0.15) is 4.98 Å². The van der Waals surface area contributed by atoms with Crippen LogP contribution in [0.15, 0.2) is 49.1 Å². The summed E-state index contributed by atoms with van der Waals surface area (Å²) in [7, 11) is 0. The van der Waals surface area contributed by atoms with Crippen molar-refractivity contribution in [3.63, 3.8) is 0 Å². The highest BCUT2D eigenvalue weighted by molar-refractivity contribution is 6.30. The zero-order valence-electron chi connectivity index (χ0n) is 17.4. The number of amides is 2. The molecule has 2 fully saturated rings. The zero-order chi connectivity index (χ0) is 21.6. The minimum atomic E-state index is -0.291. The number of urea groups is 1. The van der Waals surface area contributed by atoms with Gasteiger partial charge in [-0.3, -0.25) is 4.90 Å². The third kappa shape index (κ3) is 3.72. The van der Waals surface area contributed by atoms with Crippen molar-refractivity contribution in [1.29, 1.82) is 0 Å². The van der Waals surface area contributed by atoms with Crippen LogP contribution in [0.5, 0.6) is 0 Å². The maximum absolute atomic E-state index is 12.4. The molecule has 1 aliphatic carbocycles. The van der Waals surface area contributed by atoms with Crippen molar-refractivity contribution in [3.05, 3.63) is 59.8 Å². The number of aromatic nitrogens is 4. The Morgan fingerprint density at radius 3 is 2.68 bits per heavy atom. The van der Waals surface area contributed by atoms with E-state index in [-0.39, 0.29) is 17.6 Å². The molecule has 9 heteroatoms. The number of anilines is 2. The van der Waals surface area contributed by atoms with Crippen molar-refractivity contribution in [3.8, 4) is 5.69 Å². The molecule has 160 valence electrons. The fourth-order valence-corrected chi connectivity index (χ4v) is 4.10. The molecule has 3 aromatic rings. The minimum absolute atomic E-state index is 0.0696. The van der Waals surface area contributed by atoms with Gasteiger partial charge in [-0.25, -0.2) is 14.8 Å². The van der Waals surface area contributed by atoms with Crippen molar-refractivity contribution < 1.29 is 4.79 Å². The van der Waals surface area contributed by atoms with E-state index in [2.05, 4.69) is 39.4 Å². The van der Waals surface area contributed by atoms with Crippen LogP contribution in [0.3, 0.4) is 0 Å². The summed E-state index contributed by atoms with van der Waals surface area (Å²) in [6, 6.07) is 9.37. The Morgan fingerprint density at radius 1 is 1.19 bits per heavy atom. The van der Waals surface area contributed by atoms with Gasteiger partial charge in [-0.15, -0.1) is 0 Å². The number of carbonyl (C=O) groups excluding carboxylic acids is 1. The van der Waals surface area contributed by atoms with E-state index in [1.807, 2.05) is 35.0 Å². The van der Waals surface area contributed by atoms with Gasteiger partial charge in [0.25, 0.3) is 0 Å². The largest absolute Gasteiger partial charge is 0.343 e. The summed E-state index contributed by atoms with van der Waals surface area (Å²) in [5, 5.41) is 7.08. The second-order valence-electron chi connectivity index (χ2n) is 8.46. The molecule has 5 rings (SSSR count). The fraction of sp³-hybridized carbons (Fsp3) is 0.364. The van der Waals surface area contributed by atoms with Crippen LogP contribution in [0, 0.1) is 5.92 Å². The molecule has 0 radical (unpaired) electrons. The molecule has 0 unspecified atom stereocenters. The first-order chi connectivity index (χ1) is 14.9. The van der Waals surface area contributed by atoms with Crippen LogP contribution in [0.25, 0.3) is 5.69 Å². The van der Waals surface area contributed by atoms with Crippen molar-refractivity contribution in [2.24, 2.45) is 5.92 Å². The van der Waals surface area contributed by atoms with E-state index in [4.69, 9.17) is 11.6 Å². The number of hydrogen-bond acceptors (Lipinski definition) is 5. The number of nitrogens with one attached hydrogen (secondary N) is 2. The number of imidazole rings is 1. The normalized spacial score (nSPS) is 19.5. The highest BCUT2D eigenvalue weighted by Crippen LogP contribution is 2.47. The van der Waals surface area contributed by atoms with Crippen molar-refractivity contribution >= 4 is 29.4 Å². The van der Waals surface area contributed by atoms with Gasteiger partial charge in [-0.1, -0.05) is 25.4 Å². The zero-order valence-corrected chi connectivity index (χ0v) is 18.2. The molecule has 3 heterocycles. The summed E-state index contributed by atoms with van der Waals surface area (Å²) in [6.07, 6.45) is 7.40. The average Bonchev–Trinajstić information content (AvgIpc) is 3.18. The number of hydrogen-bond donors (Lipinski definition) is 2. The average molecular weight is 438 g/mol. The Hall–Kier alpha value is -3.13. The number of nitrogens with zero attached hydrogens (tertiary/aromatic N) is 5. The molecule has 1 saturated heterocycles. The molecule has 2 aliphatic rings. The summed E-state index contributed by atoms with van der Waals surface area (Å²) in [5.41, 5.74) is 1.65. The molecular weight excluding hydrogens is 414 g/mol. The molecule has 31 heavy (non-hydrogen) atoms. The maximum atomic E-state index is 12.4. The summed E-state index contributed by atoms with van der Waals surface area (Å²) in [5.74, 6) is 1.42. The highest BCUT2D eigenvalue weighted by Gasteiger charge is 2.47. The Kier molecular flexibility index (Phi) is 4.81. The SMILES string of the molecule is CC(C)[C@H]1CNC(=O)N1c1ccnc(NC2(c3cn(-c4ccc(Cl)cc4)cn3)CC2)n1. The first-order valence-corrected chi connectivity index (χ1v) is 10.8. The third-order valence-corrected chi connectivity index (χ3v) is 6.22. The second-order valence-corrected chi connectivity index (χ2v) is 8.89. The van der Waals surface area contributed by atoms with Crippen molar-refractivity contribution in [2.75, 3.05) is 16.8 Å². The Morgan fingerprint density at radius 2 is 1.97 bits per heavy atom. The summed E-state index contributed by atoms with van der Waals surface area (Å²) in [6.45, 7) is 4.83. The molecular formula is C22H24ClN7O. The standard InChI is InChI=1S/C22H24ClN7O/c1-14(2)17-11-25-21(31)30(17)19-7-10-24-20(27-19)28-22(8-9-22)18-12-29(13-26-18)16-5-3-15(23)4-6-16/h3-7,10,12-14,17H,8-9,11H2,1-2H3,(H,25,31)(H,24,27,28)/t17-/m1/s1. The van der Waals surface area contributed by atoms with Crippen molar-refractivity contribution in [2.45, 2.75) is 38.3 Å². The summed E-state index contributed by atoms with van der Waals surface area (Å²) >= 11 is 6.00.